The standard InChI is InChI=1S/C16H17FN2O5/c17-10-5-8-1-2-9(6-11(8)19-14(10)18)24-12-3-4-15(20)13(12)23-7-16(15,21)22/h1-2,5-6,12-13,20-22H,3-4,7H2,(H2,18,19)/t12-,13+,15+/m0/s1. The fourth-order valence-corrected chi connectivity index (χ4v) is 3.47. The summed E-state index contributed by atoms with van der Waals surface area (Å²) in [4.78, 5) is 3.98. The molecule has 1 saturated carbocycles. The molecule has 2 aromatic rings. The molecule has 7 nitrogen and oxygen atoms in total. The predicted molar refractivity (Wildman–Crippen MR) is 81.6 cm³/mol. The van der Waals surface area contributed by atoms with Gasteiger partial charge in [-0.25, -0.2) is 9.37 Å². The molecule has 1 aliphatic carbocycles. The van der Waals surface area contributed by atoms with Gasteiger partial charge in [-0.2, -0.15) is 0 Å². The predicted octanol–water partition coefficient (Wildman–Crippen LogP) is 0.308. The van der Waals surface area contributed by atoms with Gasteiger partial charge >= 0.3 is 0 Å². The molecular weight excluding hydrogens is 319 g/mol. The number of halogens is 1. The van der Waals surface area contributed by atoms with Crippen molar-refractivity contribution in [3.8, 4) is 5.75 Å². The Bertz CT molecular complexity index is 814. The number of aromatic nitrogens is 1. The zero-order valence-electron chi connectivity index (χ0n) is 12.6. The SMILES string of the molecule is Nc1nc2cc(O[C@H]3CC[C@@]4(O)[C@@H]3OCC4(O)O)ccc2cc1F. The number of aliphatic hydroxyl groups is 3. The van der Waals surface area contributed by atoms with Crippen LogP contribution >= 0.6 is 0 Å². The fourth-order valence-electron chi connectivity index (χ4n) is 3.47. The summed E-state index contributed by atoms with van der Waals surface area (Å²) in [5.74, 6) is -2.61. The number of nitrogens with zero attached hydrogens (tertiary/aromatic N) is 1. The van der Waals surface area contributed by atoms with Crippen LogP contribution in [-0.2, 0) is 4.74 Å². The Morgan fingerprint density at radius 2 is 2.08 bits per heavy atom. The molecule has 0 radical (unpaired) electrons. The maximum absolute atomic E-state index is 13.4. The van der Waals surface area contributed by atoms with Crippen LogP contribution in [0.4, 0.5) is 10.2 Å². The summed E-state index contributed by atoms with van der Waals surface area (Å²) in [5, 5.41) is 30.8. The van der Waals surface area contributed by atoms with Crippen molar-refractivity contribution in [1.82, 2.24) is 4.98 Å². The number of fused-ring (bicyclic) bond motifs is 2. The number of nitrogens with two attached hydrogens (primary N) is 1. The smallest absolute Gasteiger partial charge is 0.219 e. The van der Waals surface area contributed by atoms with Crippen molar-refractivity contribution in [1.29, 1.82) is 0 Å². The Balaban J connectivity index is 1.60. The molecule has 128 valence electrons. The molecule has 0 amide bonds. The van der Waals surface area contributed by atoms with E-state index in [-0.39, 0.29) is 18.8 Å². The number of anilines is 1. The second-order valence-electron chi connectivity index (χ2n) is 6.38. The van der Waals surface area contributed by atoms with Crippen LogP contribution in [0.3, 0.4) is 0 Å². The molecule has 24 heavy (non-hydrogen) atoms. The van der Waals surface area contributed by atoms with Gasteiger partial charge in [0.25, 0.3) is 0 Å². The van der Waals surface area contributed by atoms with Crippen LogP contribution < -0.4 is 10.5 Å². The molecular formula is C16H17FN2O5. The maximum atomic E-state index is 13.4. The molecule has 4 rings (SSSR count). The maximum Gasteiger partial charge on any atom is 0.219 e. The third-order valence-electron chi connectivity index (χ3n) is 4.83. The lowest BCUT2D eigenvalue weighted by Gasteiger charge is -2.31. The Hall–Kier alpha value is -2.00. The summed E-state index contributed by atoms with van der Waals surface area (Å²) >= 11 is 0. The van der Waals surface area contributed by atoms with Crippen LogP contribution in [0.1, 0.15) is 12.8 Å². The van der Waals surface area contributed by atoms with E-state index in [4.69, 9.17) is 15.2 Å². The summed E-state index contributed by atoms with van der Waals surface area (Å²) in [6.45, 7) is -0.372. The largest absolute Gasteiger partial charge is 0.488 e. The first kappa shape index (κ1) is 15.5. The van der Waals surface area contributed by atoms with Gasteiger partial charge in [-0.3, -0.25) is 0 Å². The molecule has 1 aromatic heterocycles. The Morgan fingerprint density at radius 1 is 1.29 bits per heavy atom. The van der Waals surface area contributed by atoms with Gasteiger partial charge in [-0.05, 0) is 31.0 Å². The number of ether oxygens (including phenoxy) is 2. The van der Waals surface area contributed by atoms with E-state index in [0.717, 1.165) is 0 Å². The van der Waals surface area contributed by atoms with Crippen LogP contribution in [0.5, 0.6) is 5.75 Å². The molecule has 0 spiro atoms. The van der Waals surface area contributed by atoms with Gasteiger partial charge in [0.15, 0.2) is 17.2 Å². The first-order valence-corrected chi connectivity index (χ1v) is 7.61. The van der Waals surface area contributed by atoms with Crippen molar-refractivity contribution in [2.45, 2.75) is 36.4 Å². The molecule has 5 N–H and O–H groups in total. The molecule has 0 unspecified atom stereocenters. The summed E-state index contributed by atoms with van der Waals surface area (Å²) in [6, 6.07) is 6.21. The van der Waals surface area contributed by atoms with E-state index in [1.165, 1.54) is 6.07 Å². The van der Waals surface area contributed by atoms with Crippen molar-refractivity contribution >= 4 is 16.7 Å². The van der Waals surface area contributed by atoms with Gasteiger partial charge < -0.3 is 30.5 Å². The number of benzene rings is 1. The molecule has 1 aromatic carbocycles. The molecule has 2 heterocycles. The van der Waals surface area contributed by atoms with E-state index in [2.05, 4.69) is 4.98 Å². The van der Waals surface area contributed by atoms with Crippen LogP contribution in [0.2, 0.25) is 0 Å². The lowest BCUT2D eigenvalue weighted by atomic mass is 9.92. The van der Waals surface area contributed by atoms with Crippen molar-refractivity contribution < 1.29 is 29.2 Å². The number of nitrogen functional groups attached to an aromatic ring is 1. The highest BCUT2D eigenvalue weighted by Crippen LogP contribution is 2.46. The summed E-state index contributed by atoms with van der Waals surface area (Å²) < 4.78 is 24.6. The van der Waals surface area contributed by atoms with Crippen LogP contribution in [-0.4, -0.2) is 50.5 Å². The second kappa shape index (κ2) is 5.00. The minimum Gasteiger partial charge on any atom is -0.488 e. The van der Waals surface area contributed by atoms with E-state index in [1.54, 1.807) is 18.2 Å². The highest BCUT2D eigenvalue weighted by atomic mass is 19.1. The molecule has 8 heteroatoms. The van der Waals surface area contributed by atoms with E-state index >= 15 is 0 Å². The Morgan fingerprint density at radius 3 is 2.88 bits per heavy atom. The molecule has 0 bridgehead atoms. The third-order valence-corrected chi connectivity index (χ3v) is 4.83. The van der Waals surface area contributed by atoms with Gasteiger partial charge in [-0.1, -0.05) is 0 Å². The summed E-state index contributed by atoms with van der Waals surface area (Å²) in [7, 11) is 0. The number of hydrogen-bond acceptors (Lipinski definition) is 7. The zero-order chi connectivity index (χ0) is 17.1. The monoisotopic (exact) mass is 336 g/mol. The highest BCUT2D eigenvalue weighted by molar-refractivity contribution is 5.81. The number of pyridine rings is 1. The van der Waals surface area contributed by atoms with Gasteiger partial charge in [-0.15, -0.1) is 0 Å². The van der Waals surface area contributed by atoms with Gasteiger partial charge in [0.1, 0.15) is 24.6 Å². The van der Waals surface area contributed by atoms with E-state index in [9.17, 15) is 19.7 Å². The minimum absolute atomic E-state index is 0.152. The van der Waals surface area contributed by atoms with Crippen LogP contribution in [0.25, 0.3) is 10.9 Å². The molecule has 1 aliphatic heterocycles. The highest BCUT2D eigenvalue weighted by Gasteiger charge is 2.66. The van der Waals surface area contributed by atoms with Gasteiger partial charge in [0.05, 0.1) is 5.52 Å². The average Bonchev–Trinajstić information content (AvgIpc) is 2.96. The normalized spacial score (nSPS) is 31.3. The van der Waals surface area contributed by atoms with E-state index < -0.39 is 29.4 Å². The van der Waals surface area contributed by atoms with Gasteiger partial charge in [0.2, 0.25) is 5.79 Å². The second-order valence-corrected chi connectivity index (χ2v) is 6.38. The first-order valence-electron chi connectivity index (χ1n) is 7.61. The minimum atomic E-state index is -2.29. The van der Waals surface area contributed by atoms with Crippen molar-refractivity contribution in [2.75, 3.05) is 12.3 Å². The molecule has 2 fully saturated rings. The molecule has 3 atom stereocenters. The van der Waals surface area contributed by atoms with Crippen molar-refractivity contribution in [2.24, 2.45) is 0 Å². The van der Waals surface area contributed by atoms with Crippen molar-refractivity contribution in [3.63, 3.8) is 0 Å². The summed E-state index contributed by atoms with van der Waals surface area (Å²) in [5.41, 5.74) is 4.21. The first-order chi connectivity index (χ1) is 11.3. The lowest BCUT2D eigenvalue weighted by Crippen LogP contribution is -2.55. The Labute approximate surface area is 136 Å². The fraction of sp³-hybridized carbons (Fsp3) is 0.438. The third kappa shape index (κ3) is 2.15. The van der Waals surface area contributed by atoms with E-state index in [0.29, 0.717) is 23.1 Å². The number of hydrogen-bond donors (Lipinski definition) is 4. The molecule has 1 saturated heterocycles. The molecule has 2 aliphatic rings. The zero-order valence-corrected chi connectivity index (χ0v) is 12.6. The van der Waals surface area contributed by atoms with E-state index in [1.807, 2.05) is 0 Å². The van der Waals surface area contributed by atoms with Gasteiger partial charge in [0, 0.05) is 11.5 Å². The number of rotatable bonds is 2. The topological polar surface area (TPSA) is 118 Å². The lowest BCUT2D eigenvalue weighted by molar-refractivity contribution is -0.250. The quantitative estimate of drug-likeness (QED) is 0.583. The van der Waals surface area contributed by atoms with Crippen LogP contribution in [0, 0.1) is 5.82 Å². The average molecular weight is 336 g/mol. The van der Waals surface area contributed by atoms with Crippen LogP contribution in [0.15, 0.2) is 24.3 Å². The van der Waals surface area contributed by atoms with Crippen molar-refractivity contribution in [3.05, 3.63) is 30.1 Å². The summed E-state index contributed by atoms with van der Waals surface area (Å²) in [6.07, 6.45) is -0.818. The Kier molecular flexibility index (Phi) is 3.23.